The fraction of sp³-hybridized carbons (Fsp3) is 0.133. The Morgan fingerprint density at radius 1 is 1.06 bits per heavy atom. The molecule has 90 valence electrons. The van der Waals surface area contributed by atoms with E-state index < -0.39 is 0 Å². The smallest absolute Gasteiger partial charge is 0.517 e. The predicted octanol–water partition coefficient (Wildman–Crippen LogP) is 3.08. The van der Waals surface area contributed by atoms with E-state index in [0.29, 0.717) is 0 Å². The zero-order valence-corrected chi connectivity index (χ0v) is 14.1. The second kappa shape index (κ2) is 7.41. The summed E-state index contributed by atoms with van der Waals surface area (Å²) in [7, 11) is 0. The molecule has 0 spiro atoms. The Labute approximate surface area is 131 Å². The van der Waals surface area contributed by atoms with Gasteiger partial charge in [-0.2, -0.15) is 53.9 Å². The molecule has 0 fully saturated rings. The van der Waals surface area contributed by atoms with Crippen molar-refractivity contribution >= 4 is 0 Å². The molecule has 0 atom stereocenters. The second-order valence-corrected chi connectivity index (χ2v) is 3.88. The minimum absolute atomic E-state index is 0. The maximum atomic E-state index is 9.34. The molecule has 2 nitrogen and oxygen atoms in total. The molecule has 0 amide bonds. The summed E-state index contributed by atoms with van der Waals surface area (Å²) in [4.78, 5) is 0. The van der Waals surface area contributed by atoms with E-state index in [4.69, 9.17) is 0 Å². The van der Waals surface area contributed by atoms with Crippen molar-refractivity contribution in [3.05, 3.63) is 66.1 Å². The number of phenols is 2. The molecule has 3 heteroatoms. The predicted molar refractivity (Wildman–Crippen MR) is 66.8 cm³/mol. The molecule has 2 rings (SSSR count). The van der Waals surface area contributed by atoms with Crippen LogP contribution >= 0.6 is 0 Å². The summed E-state index contributed by atoms with van der Waals surface area (Å²) in [6, 6.07) is 15.9. The van der Waals surface area contributed by atoms with E-state index in [1.54, 1.807) is 12.1 Å². The van der Waals surface area contributed by atoms with Crippen LogP contribution in [0.2, 0.25) is 0 Å². The van der Waals surface area contributed by atoms with Crippen molar-refractivity contribution in [3.8, 4) is 11.5 Å². The van der Waals surface area contributed by atoms with Gasteiger partial charge in [0.15, 0.2) is 0 Å². The molecule has 0 aliphatic heterocycles. The summed E-state index contributed by atoms with van der Waals surface area (Å²) in [5.41, 5.74) is 2.09. The number of aromatic hydroxyl groups is 2. The maximum Gasteiger partial charge on any atom is 2.00 e. The van der Waals surface area contributed by atoms with Gasteiger partial charge >= 0.3 is 31.1 Å². The Morgan fingerprint density at radius 2 is 1.89 bits per heavy atom. The molecular formula is C15H14O2U. The molecule has 0 unspecified atom stereocenters. The van der Waals surface area contributed by atoms with Gasteiger partial charge in [0.1, 0.15) is 11.5 Å². The Bertz CT molecular complexity index is 483. The van der Waals surface area contributed by atoms with Gasteiger partial charge in [0.05, 0.1) is 0 Å². The van der Waals surface area contributed by atoms with Crippen LogP contribution in [0.4, 0.5) is 0 Å². The Kier molecular flexibility index (Phi) is 6.18. The van der Waals surface area contributed by atoms with Gasteiger partial charge in [-0.25, -0.2) is 0 Å². The van der Waals surface area contributed by atoms with Crippen molar-refractivity contribution < 1.29 is 41.3 Å². The quantitative estimate of drug-likeness (QED) is 0.540. The van der Waals surface area contributed by atoms with Gasteiger partial charge in [-0.05, 0) is 0 Å². The number of rotatable bonds is 4. The molecule has 18 heavy (non-hydrogen) atoms. The second-order valence-electron chi connectivity index (χ2n) is 3.88. The minimum atomic E-state index is -0.0847. The van der Waals surface area contributed by atoms with Gasteiger partial charge in [-0.15, -0.1) is 6.07 Å². The van der Waals surface area contributed by atoms with E-state index in [1.165, 1.54) is 11.6 Å². The Balaban J connectivity index is 0.00000162. The summed E-state index contributed by atoms with van der Waals surface area (Å²) in [5.74, 6) is -0.163. The molecule has 0 aromatic heterocycles. The van der Waals surface area contributed by atoms with Crippen LogP contribution in [-0.2, 0) is 6.42 Å². The van der Waals surface area contributed by atoms with Crippen LogP contribution in [-0.4, -0.2) is 10.2 Å². The summed E-state index contributed by atoms with van der Waals surface area (Å²) < 4.78 is 0. The fourth-order valence-corrected chi connectivity index (χ4v) is 1.65. The first-order valence-electron chi connectivity index (χ1n) is 5.56. The third-order valence-corrected chi connectivity index (χ3v) is 2.57. The largest absolute Gasteiger partial charge is 2.00 e. The van der Waals surface area contributed by atoms with E-state index in [0.717, 1.165) is 18.4 Å². The molecule has 0 aliphatic carbocycles. The van der Waals surface area contributed by atoms with Crippen LogP contribution in [0.15, 0.2) is 42.5 Å². The number of hydrogen-bond donors (Lipinski definition) is 2. The van der Waals surface area contributed by atoms with E-state index in [2.05, 4.69) is 6.07 Å². The normalized spacial score (nSPS) is 9.56. The first-order chi connectivity index (χ1) is 8.25. The monoisotopic (exact) mass is 464 g/mol. The zero-order valence-electron chi connectivity index (χ0n) is 9.93. The summed E-state index contributed by atoms with van der Waals surface area (Å²) in [5, 5.41) is 18.5. The fourth-order valence-electron chi connectivity index (χ4n) is 1.65. The standard InChI is InChI=1S/C15H14O2.U/c16-14-10-9-13(11-15(14)17)8-4-7-12-5-2-1-3-6-12;/h1-3,5,8-11,16-17H,4,7H2;/q-2;+2. The molecule has 0 saturated heterocycles. The van der Waals surface area contributed by atoms with Crippen LogP contribution in [0.25, 0.3) is 0 Å². The summed E-state index contributed by atoms with van der Waals surface area (Å²) >= 11 is 0. The van der Waals surface area contributed by atoms with Crippen LogP contribution in [0.3, 0.4) is 0 Å². The van der Waals surface area contributed by atoms with E-state index in [9.17, 15) is 10.2 Å². The molecule has 0 heterocycles. The van der Waals surface area contributed by atoms with Crippen molar-refractivity contribution in [3.63, 3.8) is 0 Å². The van der Waals surface area contributed by atoms with Gasteiger partial charge in [-0.3, -0.25) is 0 Å². The third kappa shape index (κ3) is 4.33. The topological polar surface area (TPSA) is 40.5 Å². The van der Waals surface area contributed by atoms with Crippen LogP contribution in [0.1, 0.15) is 17.5 Å². The summed E-state index contributed by atoms with van der Waals surface area (Å²) in [6.07, 6.45) is 3.83. The average Bonchev–Trinajstić information content (AvgIpc) is 2.35. The van der Waals surface area contributed by atoms with Gasteiger partial charge in [0, 0.05) is 0 Å². The van der Waals surface area contributed by atoms with Crippen LogP contribution in [0, 0.1) is 43.6 Å². The molecule has 2 aromatic carbocycles. The number of hydrogen-bond acceptors (Lipinski definition) is 2. The molecule has 0 bridgehead atoms. The zero-order chi connectivity index (χ0) is 12.1. The van der Waals surface area contributed by atoms with E-state index in [-0.39, 0.29) is 42.6 Å². The number of benzene rings is 2. The molecule has 0 aliphatic rings. The van der Waals surface area contributed by atoms with Crippen molar-refractivity contribution in [1.29, 1.82) is 0 Å². The Hall–Kier alpha value is -1.04. The van der Waals surface area contributed by atoms with Crippen LogP contribution < -0.4 is 0 Å². The van der Waals surface area contributed by atoms with Gasteiger partial charge < -0.3 is 10.2 Å². The molecular weight excluding hydrogens is 450 g/mol. The third-order valence-electron chi connectivity index (χ3n) is 2.57. The maximum absolute atomic E-state index is 9.34. The minimum Gasteiger partial charge on any atom is -0.517 e. The van der Waals surface area contributed by atoms with Crippen molar-refractivity contribution in [1.82, 2.24) is 0 Å². The van der Waals surface area contributed by atoms with Crippen molar-refractivity contribution in [2.24, 2.45) is 0 Å². The van der Waals surface area contributed by atoms with E-state index >= 15 is 0 Å². The first kappa shape index (κ1) is 15.0. The first-order valence-corrected chi connectivity index (χ1v) is 5.56. The van der Waals surface area contributed by atoms with Gasteiger partial charge in [-0.1, -0.05) is 18.9 Å². The van der Waals surface area contributed by atoms with Crippen molar-refractivity contribution in [2.45, 2.75) is 12.8 Å². The van der Waals surface area contributed by atoms with Crippen LogP contribution in [0.5, 0.6) is 11.5 Å². The molecule has 2 aromatic rings. The average molecular weight is 464 g/mol. The summed E-state index contributed by atoms with van der Waals surface area (Å²) in [6.45, 7) is 0. The van der Waals surface area contributed by atoms with Crippen molar-refractivity contribution in [2.75, 3.05) is 0 Å². The Morgan fingerprint density at radius 3 is 2.56 bits per heavy atom. The number of aryl methyl sites for hydroxylation is 1. The van der Waals surface area contributed by atoms with Gasteiger partial charge in [0.25, 0.3) is 0 Å². The molecule has 0 radical (unpaired) electrons. The van der Waals surface area contributed by atoms with Gasteiger partial charge in [0.2, 0.25) is 0 Å². The molecule has 0 saturated carbocycles. The SMILES string of the molecule is Oc1ccc([CH-]CCc2[c-]cccc2)cc1O.[U+2]. The van der Waals surface area contributed by atoms with E-state index in [1.807, 2.05) is 30.7 Å². The molecule has 2 N–H and O–H groups in total. The number of phenolic OH excluding ortho intramolecular Hbond substituents is 2.